The number of amides is 1. The van der Waals surface area contributed by atoms with E-state index in [-0.39, 0.29) is 23.3 Å². The topological polar surface area (TPSA) is 71.8 Å². The van der Waals surface area contributed by atoms with Gasteiger partial charge in [0, 0.05) is 31.4 Å². The van der Waals surface area contributed by atoms with Gasteiger partial charge in [0.1, 0.15) is 0 Å². The first kappa shape index (κ1) is 15.4. The van der Waals surface area contributed by atoms with E-state index in [2.05, 4.69) is 0 Å². The van der Waals surface area contributed by atoms with Crippen molar-refractivity contribution < 1.29 is 14.6 Å². The fourth-order valence-corrected chi connectivity index (χ4v) is 2.81. The van der Waals surface area contributed by atoms with Crippen molar-refractivity contribution in [3.8, 4) is 5.75 Å². The third-order valence-corrected chi connectivity index (χ3v) is 3.92. The third kappa shape index (κ3) is 3.20. The van der Waals surface area contributed by atoms with Crippen molar-refractivity contribution in [3.63, 3.8) is 0 Å². The maximum Gasteiger partial charge on any atom is 0.409 e. The van der Waals surface area contributed by atoms with E-state index in [4.69, 9.17) is 4.74 Å². The normalized spacial score (nSPS) is 16.0. The monoisotopic (exact) mass is 294 g/mol. The molecule has 2 rings (SSSR count). The fourth-order valence-electron chi connectivity index (χ4n) is 2.81. The molecule has 0 radical (unpaired) electrons. The molecule has 0 spiro atoms. The van der Waals surface area contributed by atoms with Gasteiger partial charge in [-0.3, -0.25) is 4.79 Å². The summed E-state index contributed by atoms with van der Waals surface area (Å²) in [4.78, 5) is 24.9. The maximum atomic E-state index is 11.7. The number of piperidine rings is 1. The molecule has 0 aliphatic carbocycles. The second-order valence-electron chi connectivity index (χ2n) is 5.15. The zero-order valence-corrected chi connectivity index (χ0v) is 12.5. The van der Waals surface area contributed by atoms with Crippen LogP contribution in [0.5, 0.6) is 5.75 Å². The lowest BCUT2D eigenvalue weighted by Crippen LogP contribution is -2.39. The van der Waals surface area contributed by atoms with Crippen molar-refractivity contribution in [2.45, 2.75) is 39.2 Å². The van der Waals surface area contributed by atoms with Gasteiger partial charge in [-0.25, -0.2) is 4.79 Å². The van der Waals surface area contributed by atoms with Gasteiger partial charge in [-0.15, -0.1) is 0 Å². The van der Waals surface area contributed by atoms with Crippen LogP contribution >= 0.6 is 0 Å². The first-order valence-electron chi connectivity index (χ1n) is 7.43. The Morgan fingerprint density at radius 2 is 2.05 bits per heavy atom. The van der Waals surface area contributed by atoms with Crippen LogP contribution in [0.1, 0.15) is 38.4 Å². The van der Waals surface area contributed by atoms with Gasteiger partial charge in [-0.05, 0) is 26.2 Å². The second kappa shape index (κ2) is 6.65. The van der Waals surface area contributed by atoms with Gasteiger partial charge in [0.2, 0.25) is 5.43 Å². The second-order valence-corrected chi connectivity index (χ2v) is 5.15. The van der Waals surface area contributed by atoms with E-state index in [1.165, 1.54) is 6.07 Å². The van der Waals surface area contributed by atoms with Gasteiger partial charge in [-0.2, -0.15) is 0 Å². The highest BCUT2D eigenvalue weighted by Gasteiger charge is 2.25. The molecule has 1 aromatic rings. The summed E-state index contributed by atoms with van der Waals surface area (Å²) in [6.45, 7) is 5.34. The highest BCUT2D eigenvalue weighted by molar-refractivity contribution is 5.67. The Morgan fingerprint density at radius 3 is 2.62 bits per heavy atom. The van der Waals surface area contributed by atoms with Crippen LogP contribution < -0.4 is 5.43 Å². The van der Waals surface area contributed by atoms with Crippen LogP contribution in [0.15, 0.2) is 17.1 Å². The molecule has 1 N–H and O–H groups in total. The van der Waals surface area contributed by atoms with Crippen molar-refractivity contribution in [1.29, 1.82) is 0 Å². The minimum atomic E-state index is -0.341. The third-order valence-electron chi connectivity index (χ3n) is 3.92. The van der Waals surface area contributed by atoms with Gasteiger partial charge in [0.25, 0.3) is 0 Å². The van der Waals surface area contributed by atoms with Gasteiger partial charge >= 0.3 is 6.09 Å². The zero-order chi connectivity index (χ0) is 15.4. The summed E-state index contributed by atoms with van der Waals surface area (Å²) < 4.78 is 6.97. The smallest absolute Gasteiger partial charge is 0.409 e. The van der Waals surface area contributed by atoms with Crippen molar-refractivity contribution in [3.05, 3.63) is 28.2 Å². The summed E-state index contributed by atoms with van der Waals surface area (Å²) in [7, 11) is 0. The number of carbonyl (C=O) groups excluding carboxylic acids is 1. The zero-order valence-electron chi connectivity index (χ0n) is 12.5. The van der Waals surface area contributed by atoms with Crippen molar-refractivity contribution in [2.24, 2.45) is 0 Å². The summed E-state index contributed by atoms with van der Waals surface area (Å²) in [5, 5.41) is 9.90. The molecule has 21 heavy (non-hydrogen) atoms. The Hall–Kier alpha value is -1.98. The van der Waals surface area contributed by atoms with E-state index in [0.29, 0.717) is 31.8 Å². The molecule has 1 amide bonds. The highest BCUT2D eigenvalue weighted by Crippen LogP contribution is 2.26. The summed E-state index contributed by atoms with van der Waals surface area (Å²) in [5.41, 5.74) is 0.323. The van der Waals surface area contributed by atoms with Crippen molar-refractivity contribution >= 4 is 6.09 Å². The van der Waals surface area contributed by atoms with Gasteiger partial charge in [-0.1, -0.05) is 6.92 Å². The number of hydrogen-bond acceptors (Lipinski definition) is 4. The molecule has 2 heterocycles. The molecule has 0 bridgehead atoms. The van der Waals surface area contributed by atoms with E-state index in [1.54, 1.807) is 18.0 Å². The van der Waals surface area contributed by atoms with Gasteiger partial charge in [0.05, 0.1) is 12.3 Å². The first-order chi connectivity index (χ1) is 10.1. The van der Waals surface area contributed by atoms with E-state index in [9.17, 15) is 14.7 Å². The molecule has 6 heteroatoms. The number of hydrogen-bond donors (Lipinski definition) is 1. The molecule has 1 aromatic heterocycles. The number of aromatic hydroxyl groups is 1. The van der Waals surface area contributed by atoms with Crippen LogP contribution in [0.3, 0.4) is 0 Å². The molecule has 0 aromatic carbocycles. The number of aromatic nitrogens is 1. The molecule has 1 fully saturated rings. The van der Waals surface area contributed by atoms with E-state index >= 15 is 0 Å². The van der Waals surface area contributed by atoms with Gasteiger partial charge < -0.3 is 19.3 Å². The van der Waals surface area contributed by atoms with Crippen molar-refractivity contribution in [2.75, 3.05) is 19.7 Å². The molecule has 1 saturated heterocycles. The molecular formula is C15H22N2O4. The summed E-state index contributed by atoms with van der Waals surface area (Å²) in [5.74, 6) is -0.159. The Balaban J connectivity index is 2.11. The first-order valence-corrected chi connectivity index (χ1v) is 7.43. The number of nitrogens with zero attached hydrogens (tertiary/aromatic N) is 2. The van der Waals surface area contributed by atoms with Crippen LogP contribution in [-0.2, 0) is 11.2 Å². The SMILES string of the molecule is CCOC(=O)N1CCC(n2ccc(=O)c(O)c2CC)CC1. The number of carbonyl (C=O) groups is 1. The van der Waals surface area contributed by atoms with Crippen LogP contribution in [0.25, 0.3) is 0 Å². The Bertz CT molecular complexity index is 559. The molecule has 116 valence electrons. The molecule has 0 unspecified atom stereocenters. The van der Waals surface area contributed by atoms with Crippen LogP contribution in [0.2, 0.25) is 0 Å². The lowest BCUT2D eigenvalue weighted by Gasteiger charge is -2.33. The number of pyridine rings is 1. The van der Waals surface area contributed by atoms with Crippen molar-refractivity contribution in [1.82, 2.24) is 9.47 Å². The fraction of sp³-hybridized carbons (Fsp3) is 0.600. The maximum absolute atomic E-state index is 11.7. The predicted octanol–water partition coefficient (Wildman–Crippen LogP) is 1.91. The van der Waals surface area contributed by atoms with Gasteiger partial charge in [0.15, 0.2) is 5.75 Å². The van der Waals surface area contributed by atoms with Crippen LogP contribution in [-0.4, -0.2) is 40.4 Å². The number of rotatable bonds is 3. The van der Waals surface area contributed by atoms with E-state index in [0.717, 1.165) is 12.8 Å². The Labute approximate surface area is 123 Å². The average Bonchev–Trinajstić information content (AvgIpc) is 2.50. The quantitative estimate of drug-likeness (QED) is 0.924. The molecule has 0 atom stereocenters. The molecule has 1 aliphatic rings. The molecule has 0 saturated carbocycles. The summed E-state index contributed by atoms with van der Waals surface area (Å²) in [6, 6.07) is 1.59. The van der Waals surface area contributed by atoms with Crippen LogP contribution in [0.4, 0.5) is 4.79 Å². The summed E-state index contributed by atoms with van der Waals surface area (Å²) in [6.07, 6.45) is 3.64. The lowest BCUT2D eigenvalue weighted by atomic mass is 10.0. The molecule has 6 nitrogen and oxygen atoms in total. The minimum absolute atomic E-state index is 0.159. The standard InChI is InChI=1S/C15H22N2O4/c1-3-12-14(19)13(18)7-10-17(12)11-5-8-16(9-6-11)15(20)21-4-2/h7,10-11,19H,3-6,8-9H2,1-2H3. The Morgan fingerprint density at radius 1 is 1.38 bits per heavy atom. The van der Waals surface area contributed by atoms with E-state index in [1.807, 2.05) is 11.5 Å². The van der Waals surface area contributed by atoms with Crippen LogP contribution in [0, 0.1) is 0 Å². The molecular weight excluding hydrogens is 272 g/mol. The predicted molar refractivity (Wildman–Crippen MR) is 78.6 cm³/mol. The average molecular weight is 294 g/mol. The van der Waals surface area contributed by atoms with E-state index < -0.39 is 0 Å². The largest absolute Gasteiger partial charge is 0.503 e. The number of ether oxygens (including phenoxy) is 1. The Kier molecular flexibility index (Phi) is 4.88. The minimum Gasteiger partial charge on any atom is -0.503 e. The molecule has 1 aliphatic heterocycles. The number of likely N-dealkylation sites (tertiary alicyclic amines) is 1. The summed E-state index contributed by atoms with van der Waals surface area (Å²) >= 11 is 0. The lowest BCUT2D eigenvalue weighted by molar-refractivity contribution is 0.0923. The highest BCUT2D eigenvalue weighted by atomic mass is 16.6.